The quantitative estimate of drug-likeness (QED) is 0.515. The van der Waals surface area contributed by atoms with E-state index in [4.69, 9.17) is 9.98 Å². The van der Waals surface area contributed by atoms with Gasteiger partial charge in [0, 0.05) is 63.7 Å². The first-order valence-corrected chi connectivity index (χ1v) is 12.0. The van der Waals surface area contributed by atoms with Crippen LogP contribution in [-0.4, -0.2) is 74.2 Å². The van der Waals surface area contributed by atoms with Crippen LogP contribution < -0.4 is 20.4 Å². The van der Waals surface area contributed by atoms with Gasteiger partial charge in [0.2, 0.25) is 0 Å². The normalized spacial score (nSPS) is 19.9. The highest BCUT2D eigenvalue weighted by molar-refractivity contribution is 5.80. The Morgan fingerprint density at radius 3 is 2.50 bits per heavy atom. The second-order valence-corrected chi connectivity index (χ2v) is 8.55. The van der Waals surface area contributed by atoms with Gasteiger partial charge in [0.25, 0.3) is 0 Å². The molecule has 2 aromatic rings. The SMILES string of the molecule is CCNC(=NCc1ccc(N2CCN(CC)CC2)nc1)NC1CCN(c2ccccc2)C1. The molecule has 0 spiro atoms. The number of nitrogens with one attached hydrogen (secondary N) is 2. The molecule has 0 saturated carbocycles. The number of likely N-dealkylation sites (N-methyl/N-ethyl adjacent to an activating group) is 1. The monoisotopic (exact) mass is 435 g/mol. The van der Waals surface area contributed by atoms with Crippen molar-refractivity contribution in [3.63, 3.8) is 0 Å². The molecule has 1 aromatic carbocycles. The van der Waals surface area contributed by atoms with Crippen molar-refractivity contribution in [2.45, 2.75) is 32.9 Å². The molecule has 0 amide bonds. The lowest BCUT2D eigenvalue weighted by atomic mass is 10.2. The topological polar surface area (TPSA) is 59.0 Å². The highest BCUT2D eigenvalue weighted by atomic mass is 15.3. The zero-order valence-electron chi connectivity index (χ0n) is 19.5. The van der Waals surface area contributed by atoms with Crippen LogP contribution in [0, 0.1) is 0 Å². The lowest BCUT2D eigenvalue weighted by molar-refractivity contribution is 0.270. The summed E-state index contributed by atoms with van der Waals surface area (Å²) >= 11 is 0. The average Bonchev–Trinajstić information content (AvgIpc) is 3.32. The van der Waals surface area contributed by atoms with Crippen LogP contribution in [0.15, 0.2) is 53.7 Å². The first-order valence-electron chi connectivity index (χ1n) is 12.0. The largest absolute Gasteiger partial charge is 0.369 e. The van der Waals surface area contributed by atoms with Crippen molar-refractivity contribution in [1.82, 2.24) is 20.5 Å². The molecule has 2 fully saturated rings. The number of anilines is 2. The van der Waals surface area contributed by atoms with E-state index in [1.165, 1.54) is 5.69 Å². The van der Waals surface area contributed by atoms with Gasteiger partial charge < -0.3 is 25.3 Å². The number of para-hydroxylation sites is 1. The van der Waals surface area contributed by atoms with Crippen LogP contribution in [-0.2, 0) is 6.54 Å². The Kier molecular flexibility index (Phi) is 7.82. The van der Waals surface area contributed by atoms with E-state index in [0.29, 0.717) is 12.6 Å². The number of pyridine rings is 1. The number of nitrogens with zero attached hydrogens (tertiary/aromatic N) is 5. The number of hydrogen-bond acceptors (Lipinski definition) is 5. The molecule has 0 bridgehead atoms. The summed E-state index contributed by atoms with van der Waals surface area (Å²) in [6, 6.07) is 15.3. The smallest absolute Gasteiger partial charge is 0.191 e. The Bertz CT molecular complexity index is 844. The van der Waals surface area contributed by atoms with Crippen molar-refractivity contribution in [3.8, 4) is 0 Å². The summed E-state index contributed by atoms with van der Waals surface area (Å²) in [5.74, 6) is 1.96. The van der Waals surface area contributed by atoms with Crippen LogP contribution in [0.5, 0.6) is 0 Å². The van der Waals surface area contributed by atoms with Crippen molar-refractivity contribution in [2.24, 2.45) is 4.99 Å². The molecule has 4 rings (SSSR count). The lowest BCUT2D eigenvalue weighted by Gasteiger charge is -2.34. The molecule has 0 aliphatic carbocycles. The first-order chi connectivity index (χ1) is 15.7. The molecular formula is C25H37N7. The second-order valence-electron chi connectivity index (χ2n) is 8.55. The van der Waals surface area contributed by atoms with Crippen LogP contribution in [0.4, 0.5) is 11.5 Å². The molecule has 32 heavy (non-hydrogen) atoms. The van der Waals surface area contributed by atoms with Gasteiger partial charge in [0.05, 0.1) is 6.54 Å². The summed E-state index contributed by atoms with van der Waals surface area (Å²) in [6.45, 7) is 13.3. The lowest BCUT2D eigenvalue weighted by Crippen LogP contribution is -2.46. The summed E-state index contributed by atoms with van der Waals surface area (Å²) in [7, 11) is 0. The maximum absolute atomic E-state index is 4.82. The van der Waals surface area contributed by atoms with E-state index in [1.807, 2.05) is 6.20 Å². The molecular weight excluding hydrogens is 398 g/mol. The number of guanidine groups is 1. The van der Waals surface area contributed by atoms with E-state index in [-0.39, 0.29) is 0 Å². The van der Waals surface area contributed by atoms with E-state index < -0.39 is 0 Å². The predicted octanol–water partition coefficient (Wildman–Crippen LogP) is 2.56. The highest BCUT2D eigenvalue weighted by Gasteiger charge is 2.23. The Balaban J connectivity index is 1.30. The maximum Gasteiger partial charge on any atom is 0.191 e. The summed E-state index contributed by atoms with van der Waals surface area (Å²) in [5, 5.41) is 7.02. The summed E-state index contributed by atoms with van der Waals surface area (Å²) in [5.41, 5.74) is 2.43. The van der Waals surface area contributed by atoms with E-state index >= 15 is 0 Å². The van der Waals surface area contributed by atoms with Gasteiger partial charge in [-0.05, 0) is 43.7 Å². The van der Waals surface area contributed by atoms with E-state index in [9.17, 15) is 0 Å². The van der Waals surface area contributed by atoms with Crippen molar-refractivity contribution in [2.75, 3.05) is 62.2 Å². The third kappa shape index (κ3) is 5.91. The van der Waals surface area contributed by atoms with Crippen LogP contribution in [0.3, 0.4) is 0 Å². The zero-order valence-corrected chi connectivity index (χ0v) is 19.5. The van der Waals surface area contributed by atoms with Gasteiger partial charge in [0.15, 0.2) is 5.96 Å². The summed E-state index contributed by atoms with van der Waals surface area (Å²) < 4.78 is 0. The molecule has 7 nitrogen and oxygen atoms in total. The minimum Gasteiger partial charge on any atom is -0.369 e. The molecule has 7 heteroatoms. The molecule has 1 atom stereocenters. The van der Waals surface area contributed by atoms with Crippen LogP contribution in [0.2, 0.25) is 0 Å². The summed E-state index contributed by atoms with van der Waals surface area (Å²) in [6.07, 6.45) is 3.09. The Morgan fingerprint density at radius 1 is 1.00 bits per heavy atom. The van der Waals surface area contributed by atoms with Crippen molar-refractivity contribution < 1.29 is 0 Å². The van der Waals surface area contributed by atoms with Crippen molar-refractivity contribution >= 4 is 17.5 Å². The van der Waals surface area contributed by atoms with Crippen LogP contribution >= 0.6 is 0 Å². The minimum absolute atomic E-state index is 0.398. The van der Waals surface area contributed by atoms with Crippen LogP contribution in [0.25, 0.3) is 0 Å². The van der Waals surface area contributed by atoms with Gasteiger partial charge in [-0.3, -0.25) is 0 Å². The Morgan fingerprint density at radius 2 is 1.81 bits per heavy atom. The van der Waals surface area contributed by atoms with Gasteiger partial charge >= 0.3 is 0 Å². The number of aromatic nitrogens is 1. The van der Waals surface area contributed by atoms with Crippen molar-refractivity contribution in [3.05, 3.63) is 54.2 Å². The van der Waals surface area contributed by atoms with Gasteiger partial charge in [-0.1, -0.05) is 31.2 Å². The molecule has 2 saturated heterocycles. The molecule has 1 aromatic heterocycles. The Hall–Kier alpha value is -2.80. The van der Waals surface area contributed by atoms with Gasteiger partial charge in [-0.25, -0.2) is 9.98 Å². The number of piperazine rings is 1. The maximum atomic E-state index is 4.82. The number of hydrogen-bond donors (Lipinski definition) is 2. The molecule has 3 heterocycles. The fourth-order valence-corrected chi connectivity index (χ4v) is 4.43. The highest BCUT2D eigenvalue weighted by Crippen LogP contribution is 2.19. The molecule has 0 radical (unpaired) electrons. The van der Waals surface area contributed by atoms with Crippen LogP contribution in [0.1, 0.15) is 25.8 Å². The predicted molar refractivity (Wildman–Crippen MR) is 134 cm³/mol. The fraction of sp³-hybridized carbons (Fsp3) is 0.520. The third-order valence-electron chi connectivity index (χ3n) is 6.37. The van der Waals surface area contributed by atoms with Gasteiger partial charge in [0.1, 0.15) is 5.82 Å². The molecule has 2 aliphatic rings. The van der Waals surface area contributed by atoms with Gasteiger partial charge in [-0.15, -0.1) is 0 Å². The number of aliphatic imine (C=N–C) groups is 1. The molecule has 1 unspecified atom stereocenters. The number of rotatable bonds is 7. The van der Waals surface area contributed by atoms with E-state index in [2.05, 4.69) is 81.6 Å². The van der Waals surface area contributed by atoms with Gasteiger partial charge in [-0.2, -0.15) is 0 Å². The Labute approximate surface area is 192 Å². The molecule has 2 aliphatic heterocycles. The van der Waals surface area contributed by atoms with Crippen molar-refractivity contribution in [1.29, 1.82) is 0 Å². The summed E-state index contributed by atoms with van der Waals surface area (Å²) in [4.78, 5) is 16.8. The first kappa shape index (κ1) is 22.4. The minimum atomic E-state index is 0.398. The molecule has 2 N–H and O–H groups in total. The third-order valence-corrected chi connectivity index (χ3v) is 6.37. The average molecular weight is 436 g/mol. The van der Waals surface area contributed by atoms with E-state index in [0.717, 1.165) is 76.1 Å². The fourth-order valence-electron chi connectivity index (χ4n) is 4.43. The zero-order chi connectivity index (χ0) is 22.2. The standard InChI is InChI=1S/C25H37N7/c1-3-26-25(29-22-12-13-32(20-22)23-8-6-5-7-9-23)28-19-21-10-11-24(27-18-21)31-16-14-30(4-2)15-17-31/h5-11,18,22H,3-4,12-17,19-20H2,1-2H3,(H2,26,28,29). The second kappa shape index (κ2) is 11.2. The molecule has 172 valence electrons. The number of benzene rings is 1. The van der Waals surface area contributed by atoms with E-state index in [1.54, 1.807) is 0 Å².